The zero-order valence-electron chi connectivity index (χ0n) is 18.9. The summed E-state index contributed by atoms with van der Waals surface area (Å²) in [6.07, 6.45) is 1.44. The highest BCUT2D eigenvalue weighted by atomic mass is 35.5. The molecular formula is C22H28ClN5O4S. The van der Waals surface area contributed by atoms with E-state index >= 15 is 0 Å². The van der Waals surface area contributed by atoms with Crippen molar-refractivity contribution in [1.82, 2.24) is 19.4 Å². The molecule has 0 saturated carbocycles. The largest absolute Gasteiger partial charge is 0.497 e. The molecule has 0 aliphatic carbocycles. The number of aromatic nitrogens is 3. The van der Waals surface area contributed by atoms with E-state index in [1.165, 1.54) is 22.2 Å². The molecule has 0 spiro atoms. The average Bonchev–Trinajstić information content (AvgIpc) is 3.23. The van der Waals surface area contributed by atoms with Crippen LogP contribution >= 0.6 is 23.7 Å². The number of carbonyl (C=O) groups is 1. The molecule has 0 radical (unpaired) electrons. The van der Waals surface area contributed by atoms with Gasteiger partial charge in [-0.15, -0.1) is 12.4 Å². The van der Waals surface area contributed by atoms with Crippen molar-refractivity contribution in [2.45, 2.75) is 20.4 Å². The number of ether oxygens (including phenoxy) is 2. The minimum Gasteiger partial charge on any atom is -0.497 e. The van der Waals surface area contributed by atoms with Gasteiger partial charge in [-0.05, 0) is 26.0 Å². The Kier molecular flexibility index (Phi) is 8.41. The van der Waals surface area contributed by atoms with Crippen LogP contribution in [-0.2, 0) is 16.1 Å². The van der Waals surface area contributed by atoms with E-state index in [-0.39, 0.29) is 30.4 Å². The zero-order valence-corrected chi connectivity index (χ0v) is 20.6. The fourth-order valence-corrected chi connectivity index (χ4v) is 4.54. The molecule has 3 heterocycles. The normalized spacial score (nSPS) is 14.2. The van der Waals surface area contributed by atoms with E-state index < -0.39 is 0 Å². The number of carbonyl (C=O) groups excluding carboxylic acids is 1. The third-order valence-corrected chi connectivity index (χ3v) is 6.74. The first-order valence-electron chi connectivity index (χ1n) is 10.5. The van der Waals surface area contributed by atoms with Crippen LogP contribution in [0.15, 0.2) is 29.3 Å². The van der Waals surface area contributed by atoms with Crippen LogP contribution in [0, 0.1) is 13.8 Å². The van der Waals surface area contributed by atoms with Crippen LogP contribution in [0.1, 0.15) is 11.3 Å². The highest BCUT2D eigenvalue weighted by Gasteiger charge is 2.23. The van der Waals surface area contributed by atoms with Gasteiger partial charge in [0, 0.05) is 43.5 Å². The van der Waals surface area contributed by atoms with Crippen molar-refractivity contribution < 1.29 is 14.3 Å². The van der Waals surface area contributed by atoms with Crippen molar-refractivity contribution in [3.63, 3.8) is 0 Å². The molecule has 4 rings (SSSR count). The number of rotatable bonds is 7. The lowest BCUT2D eigenvalue weighted by Gasteiger charge is -2.29. The minimum atomic E-state index is -0.201. The molecule has 0 unspecified atom stereocenters. The number of nitrogens with zero attached hydrogens (tertiary/aromatic N) is 5. The molecule has 1 saturated heterocycles. The first kappa shape index (κ1) is 25.1. The lowest BCUT2D eigenvalue weighted by Crippen LogP contribution is -2.44. The lowest BCUT2D eigenvalue weighted by molar-refractivity contribution is -0.119. The molecule has 33 heavy (non-hydrogen) atoms. The summed E-state index contributed by atoms with van der Waals surface area (Å²) >= 11 is 1.45. The second-order valence-electron chi connectivity index (χ2n) is 7.72. The second-order valence-corrected chi connectivity index (χ2v) is 8.73. The van der Waals surface area contributed by atoms with E-state index in [4.69, 9.17) is 14.5 Å². The molecule has 1 aromatic carbocycles. The molecule has 3 aromatic rings. The molecule has 0 atom stereocenters. The molecule has 1 aliphatic heterocycles. The summed E-state index contributed by atoms with van der Waals surface area (Å²) in [6, 6.07) is 5.68. The first-order chi connectivity index (χ1) is 15.5. The fourth-order valence-electron chi connectivity index (χ4n) is 3.55. The monoisotopic (exact) mass is 493 g/mol. The van der Waals surface area contributed by atoms with Gasteiger partial charge in [0.1, 0.15) is 12.3 Å². The predicted octanol–water partition coefficient (Wildman–Crippen LogP) is 2.27. The summed E-state index contributed by atoms with van der Waals surface area (Å²) in [5.74, 6) is 0.518. The number of morpholine rings is 1. The minimum absolute atomic E-state index is 0. The molecule has 11 heteroatoms. The maximum atomic E-state index is 13.4. The first-order valence-corrected chi connectivity index (χ1v) is 11.4. The van der Waals surface area contributed by atoms with E-state index in [0.717, 1.165) is 23.3 Å². The summed E-state index contributed by atoms with van der Waals surface area (Å²) in [5.41, 5.74) is 1.79. The number of amides is 1. The van der Waals surface area contributed by atoms with Crippen molar-refractivity contribution in [2.75, 3.05) is 51.4 Å². The van der Waals surface area contributed by atoms with Crippen LogP contribution < -0.4 is 15.2 Å². The van der Waals surface area contributed by atoms with Crippen molar-refractivity contribution in [3.05, 3.63) is 46.1 Å². The molecule has 9 nitrogen and oxygen atoms in total. The lowest BCUT2D eigenvalue weighted by atomic mass is 10.3. The third-order valence-electron chi connectivity index (χ3n) is 5.68. The number of anilines is 1. The van der Waals surface area contributed by atoms with Crippen molar-refractivity contribution in [1.29, 1.82) is 0 Å². The highest BCUT2D eigenvalue weighted by Crippen LogP contribution is 2.31. The van der Waals surface area contributed by atoms with Crippen LogP contribution in [0.25, 0.3) is 10.2 Å². The zero-order chi connectivity index (χ0) is 22.7. The van der Waals surface area contributed by atoms with Crippen LogP contribution in [-0.4, -0.2) is 71.8 Å². The van der Waals surface area contributed by atoms with Crippen LogP contribution in [0.3, 0.4) is 0 Å². The summed E-state index contributed by atoms with van der Waals surface area (Å²) in [4.78, 5) is 38.9. The van der Waals surface area contributed by atoms with Gasteiger partial charge < -0.3 is 9.47 Å². The van der Waals surface area contributed by atoms with Crippen LogP contribution in [0.5, 0.6) is 5.75 Å². The van der Waals surface area contributed by atoms with E-state index in [1.807, 2.05) is 18.2 Å². The van der Waals surface area contributed by atoms with Gasteiger partial charge in [-0.3, -0.25) is 24.0 Å². The third kappa shape index (κ3) is 5.70. The van der Waals surface area contributed by atoms with Gasteiger partial charge in [0.25, 0.3) is 5.56 Å². The average molecular weight is 494 g/mol. The maximum Gasteiger partial charge on any atom is 0.256 e. The summed E-state index contributed by atoms with van der Waals surface area (Å²) < 4.78 is 13.1. The molecule has 178 valence electrons. The van der Waals surface area contributed by atoms with E-state index in [1.54, 1.807) is 25.9 Å². The molecule has 0 N–H and O–H groups in total. The Bertz CT molecular complexity index is 1180. The number of methoxy groups -OCH3 is 1. The number of halogens is 1. The number of hydrogen-bond donors (Lipinski definition) is 0. The molecule has 1 amide bonds. The van der Waals surface area contributed by atoms with Crippen LogP contribution in [0.2, 0.25) is 0 Å². The fraction of sp³-hybridized carbons (Fsp3) is 0.455. The molecule has 2 aromatic heterocycles. The van der Waals surface area contributed by atoms with Gasteiger partial charge in [0.2, 0.25) is 5.91 Å². The molecule has 1 aliphatic rings. The molecule has 0 bridgehead atoms. The topological polar surface area (TPSA) is 89.8 Å². The number of aryl methyl sites for hydroxylation is 1. The Labute approximate surface area is 202 Å². The van der Waals surface area contributed by atoms with Gasteiger partial charge in [0.05, 0.1) is 36.9 Å². The Hall–Kier alpha value is -2.53. The number of hydrogen-bond acceptors (Lipinski definition) is 8. The summed E-state index contributed by atoms with van der Waals surface area (Å²) in [6.45, 7) is 7.65. The van der Waals surface area contributed by atoms with Crippen LogP contribution in [0.4, 0.5) is 5.13 Å². The Morgan fingerprint density at radius 2 is 2.03 bits per heavy atom. The standard InChI is InChI=1S/C22H27N5O4S.ClH/c1-15-16(2)23-14-26(21(15)29)13-20(28)27(7-6-25-8-10-31-11-9-25)22-24-18-12-17(30-3)4-5-19(18)32-22;/h4-5,12,14H,6-11,13H2,1-3H3;1H. The summed E-state index contributed by atoms with van der Waals surface area (Å²) in [7, 11) is 1.61. The molecule has 1 fully saturated rings. The number of thiazole rings is 1. The Morgan fingerprint density at radius 3 is 2.76 bits per heavy atom. The van der Waals surface area contributed by atoms with Crippen molar-refractivity contribution >= 4 is 45.0 Å². The van der Waals surface area contributed by atoms with Crippen molar-refractivity contribution in [3.8, 4) is 5.75 Å². The summed E-state index contributed by atoms with van der Waals surface area (Å²) in [5, 5.41) is 0.608. The van der Waals surface area contributed by atoms with Gasteiger partial charge in [-0.25, -0.2) is 9.97 Å². The van der Waals surface area contributed by atoms with E-state index in [0.29, 0.717) is 48.4 Å². The van der Waals surface area contributed by atoms with Gasteiger partial charge in [-0.2, -0.15) is 0 Å². The van der Waals surface area contributed by atoms with Gasteiger partial charge in [0.15, 0.2) is 5.13 Å². The van der Waals surface area contributed by atoms with Gasteiger partial charge >= 0.3 is 0 Å². The quantitative estimate of drug-likeness (QED) is 0.498. The number of benzene rings is 1. The Morgan fingerprint density at radius 1 is 1.27 bits per heavy atom. The van der Waals surface area contributed by atoms with E-state index in [2.05, 4.69) is 9.88 Å². The van der Waals surface area contributed by atoms with Gasteiger partial charge in [-0.1, -0.05) is 11.3 Å². The maximum absolute atomic E-state index is 13.4. The van der Waals surface area contributed by atoms with Crippen molar-refractivity contribution in [2.24, 2.45) is 0 Å². The smallest absolute Gasteiger partial charge is 0.256 e. The predicted molar refractivity (Wildman–Crippen MR) is 131 cm³/mol. The van der Waals surface area contributed by atoms with E-state index in [9.17, 15) is 9.59 Å². The Balaban J connectivity index is 0.00000306. The second kappa shape index (κ2) is 11.1. The SMILES string of the molecule is COc1ccc2sc(N(CCN3CCOCC3)C(=O)Cn3cnc(C)c(C)c3=O)nc2c1.Cl. The number of fused-ring (bicyclic) bond motifs is 1. The highest BCUT2D eigenvalue weighted by molar-refractivity contribution is 7.22. The molecular weight excluding hydrogens is 466 g/mol.